The van der Waals surface area contributed by atoms with Crippen LogP contribution in [0.2, 0.25) is 0 Å². The van der Waals surface area contributed by atoms with Gasteiger partial charge < -0.3 is 20.1 Å². The first-order valence-electron chi connectivity index (χ1n) is 10.3. The molecule has 3 rings (SSSR count). The van der Waals surface area contributed by atoms with Crippen molar-refractivity contribution in [3.8, 4) is 0 Å². The zero-order chi connectivity index (χ0) is 24.2. The van der Waals surface area contributed by atoms with Crippen molar-refractivity contribution in [3.05, 3.63) is 35.5 Å². The second kappa shape index (κ2) is 10.1. The molecule has 0 aliphatic heterocycles. The first-order valence-corrected chi connectivity index (χ1v) is 10.3. The highest BCUT2D eigenvalue weighted by molar-refractivity contribution is 5.91. The molecular formula is C20H25F3N6O4. The average Bonchev–Trinajstić information content (AvgIpc) is 3.37. The van der Waals surface area contributed by atoms with E-state index in [1.54, 1.807) is 13.0 Å². The predicted molar refractivity (Wildman–Crippen MR) is 110 cm³/mol. The van der Waals surface area contributed by atoms with Gasteiger partial charge in [-0.2, -0.15) is 18.3 Å². The van der Waals surface area contributed by atoms with Gasteiger partial charge in [-0.3, -0.25) is 14.9 Å². The third-order valence-corrected chi connectivity index (χ3v) is 5.54. The highest BCUT2D eigenvalue weighted by Gasteiger charge is 2.36. The van der Waals surface area contributed by atoms with E-state index in [1.165, 1.54) is 12.0 Å². The number of hydrogen-bond donors (Lipinski definition) is 3. The summed E-state index contributed by atoms with van der Waals surface area (Å²) >= 11 is 0. The van der Waals surface area contributed by atoms with Crippen LogP contribution in [0.5, 0.6) is 0 Å². The number of carbonyl (C=O) groups is 2. The minimum Gasteiger partial charge on any atom is -0.465 e. The Labute approximate surface area is 187 Å². The summed E-state index contributed by atoms with van der Waals surface area (Å²) in [7, 11) is 1.53. The summed E-state index contributed by atoms with van der Waals surface area (Å²) in [6, 6.07) is 1.24. The first-order chi connectivity index (χ1) is 15.6. The maximum Gasteiger partial charge on any atom is 0.434 e. The normalized spacial score (nSPS) is 19.3. The third-order valence-electron chi connectivity index (χ3n) is 5.54. The van der Waals surface area contributed by atoms with E-state index in [0.717, 1.165) is 18.3 Å². The van der Waals surface area contributed by atoms with Crippen molar-refractivity contribution >= 4 is 17.8 Å². The van der Waals surface area contributed by atoms with Gasteiger partial charge in [0.25, 0.3) is 0 Å². The predicted octanol–water partition coefficient (Wildman–Crippen LogP) is 3.05. The molecule has 0 saturated heterocycles. The lowest BCUT2D eigenvalue weighted by Gasteiger charge is -2.31. The molecule has 0 radical (unpaired) electrons. The number of methoxy groups -OCH3 is 1. The average molecular weight is 470 g/mol. The molecule has 0 aromatic carbocycles. The van der Waals surface area contributed by atoms with Crippen LogP contribution in [-0.4, -0.2) is 68.0 Å². The number of aromatic nitrogens is 4. The summed E-state index contributed by atoms with van der Waals surface area (Å²) in [5.74, 6) is -0.191. The Hall–Kier alpha value is -3.22. The maximum absolute atomic E-state index is 12.6. The summed E-state index contributed by atoms with van der Waals surface area (Å²) < 4.78 is 42.7. The van der Waals surface area contributed by atoms with E-state index >= 15 is 0 Å². The number of aromatic amines is 1. The minimum absolute atomic E-state index is 0.0468. The number of nitrogens with zero attached hydrogens (tertiary/aromatic N) is 4. The second-order valence-electron chi connectivity index (χ2n) is 7.98. The van der Waals surface area contributed by atoms with Crippen molar-refractivity contribution in [3.63, 3.8) is 0 Å². The van der Waals surface area contributed by atoms with Crippen molar-refractivity contribution in [1.82, 2.24) is 25.1 Å². The molecule has 0 spiro atoms. The second-order valence-corrected chi connectivity index (χ2v) is 7.98. The van der Waals surface area contributed by atoms with Gasteiger partial charge >= 0.3 is 12.3 Å². The van der Waals surface area contributed by atoms with Crippen molar-refractivity contribution in [2.24, 2.45) is 0 Å². The standard InChI is InChI=1S/C20H25F3N6O4/c1-11(10-33-2)29(19(31)32)14-4-3-12(5-14)15-7-17(28-27-15)26-18(30)6-13-8-25-16(9-24-13)20(21,22)23/h7-9,11-12,14H,3-6,10H2,1-2H3,(H,31,32)(H2,26,27,28,30)/t11-,12-,14+/m0/s1. The molecule has 2 amide bonds. The highest BCUT2D eigenvalue weighted by atomic mass is 19.4. The van der Waals surface area contributed by atoms with Crippen LogP contribution in [0.25, 0.3) is 0 Å². The van der Waals surface area contributed by atoms with E-state index in [9.17, 15) is 27.9 Å². The lowest BCUT2D eigenvalue weighted by molar-refractivity contribution is -0.141. The van der Waals surface area contributed by atoms with E-state index in [1.807, 2.05) is 0 Å². The Morgan fingerprint density at radius 1 is 1.33 bits per heavy atom. The summed E-state index contributed by atoms with van der Waals surface area (Å²) in [5.41, 5.74) is -0.266. The summed E-state index contributed by atoms with van der Waals surface area (Å²) in [4.78, 5) is 32.3. The molecule has 180 valence electrons. The van der Waals surface area contributed by atoms with Crippen LogP contribution < -0.4 is 5.32 Å². The van der Waals surface area contributed by atoms with Crippen LogP contribution in [0.3, 0.4) is 0 Å². The number of hydrogen-bond acceptors (Lipinski definition) is 6. The van der Waals surface area contributed by atoms with Crippen LogP contribution in [-0.2, 0) is 22.1 Å². The van der Waals surface area contributed by atoms with Gasteiger partial charge in [-0.05, 0) is 26.2 Å². The first kappa shape index (κ1) is 24.4. The minimum atomic E-state index is -4.60. The number of H-pyrrole nitrogens is 1. The molecule has 3 atom stereocenters. The Morgan fingerprint density at radius 3 is 2.70 bits per heavy atom. The SMILES string of the molecule is COC[C@H](C)N(C(=O)O)[C@@H]1CC[C@H](c2cc(NC(=O)Cc3cnc(C(F)(F)F)cn3)n[nH]2)C1. The summed E-state index contributed by atoms with van der Waals surface area (Å²) in [6.45, 7) is 2.10. The third kappa shape index (κ3) is 6.18. The Bertz CT molecular complexity index is 965. The molecule has 0 bridgehead atoms. The van der Waals surface area contributed by atoms with Crippen molar-refractivity contribution in [2.45, 2.75) is 56.8 Å². The molecular weight excluding hydrogens is 445 g/mol. The molecule has 2 heterocycles. The van der Waals surface area contributed by atoms with E-state index in [4.69, 9.17) is 4.74 Å². The lowest BCUT2D eigenvalue weighted by Crippen LogP contribution is -2.46. The van der Waals surface area contributed by atoms with Crippen molar-refractivity contribution < 1.29 is 32.6 Å². The van der Waals surface area contributed by atoms with Crippen LogP contribution >= 0.6 is 0 Å². The molecule has 1 aliphatic carbocycles. The highest BCUT2D eigenvalue weighted by Crippen LogP contribution is 2.37. The van der Waals surface area contributed by atoms with Gasteiger partial charge in [0.05, 0.1) is 31.0 Å². The number of rotatable bonds is 8. The largest absolute Gasteiger partial charge is 0.465 e. The molecule has 1 fully saturated rings. The van der Waals surface area contributed by atoms with Gasteiger partial charge in [0.15, 0.2) is 11.5 Å². The lowest BCUT2D eigenvalue weighted by atomic mass is 10.0. The quantitative estimate of drug-likeness (QED) is 0.540. The van der Waals surface area contributed by atoms with E-state index in [2.05, 4.69) is 25.5 Å². The van der Waals surface area contributed by atoms with Gasteiger partial charge in [-0.25, -0.2) is 9.78 Å². The number of carboxylic acid groups (broad SMARTS) is 1. The summed E-state index contributed by atoms with van der Waals surface area (Å²) in [5, 5.41) is 19.1. The van der Waals surface area contributed by atoms with E-state index < -0.39 is 23.9 Å². The van der Waals surface area contributed by atoms with Crippen LogP contribution in [0.1, 0.15) is 49.2 Å². The van der Waals surface area contributed by atoms with Crippen molar-refractivity contribution in [2.75, 3.05) is 19.0 Å². The van der Waals surface area contributed by atoms with Crippen LogP contribution in [0.15, 0.2) is 18.5 Å². The number of alkyl halides is 3. The van der Waals surface area contributed by atoms with E-state index in [0.29, 0.717) is 25.6 Å². The fourth-order valence-electron chi connectivity index (χ4n) is 4.07. The Balaban J connectivity index is 1.56. The number of anilines is 1. The molecule has 1 saturated carbocycles. The maximum atomic E-state index is 12.6. The topological polar surface area (TPSA) is 133 Å². The van der Waals surface area contributed by atoms with Crippen LogP contribution in [0.4, 0.5) is 23.8 Å². The fourth-order valence-corrected chi connectivity index (χ4v) is 4.07. The number of carbonyl (C=O) groups excluding carboxylic acids is 1. The smallest absolute Gasteiger partial charge is 0.434 e. The van der Waals surface area contributed by atoms with E-state index in [-0.39, 0.29) is 35.9 Å². The molecule has 2 aromatic heterocycles. The van der Waals surface area contributed by atoms with Gasteiger partial charge in [-0.15, -0.1) is 0 Å². The van der Waals surface area contributed by atoms with Gasteiger partial charge in [0.1, 0.15) is 0 Å². The zero-order valence-electron chi connectivity index (χ0n) is 18.1. The number of nitrogens with one attached hydrogen (secondary N) is 2. The molecule has 10 nitrogen and oxygen atoms in total. The van der Waals surface area contributed by atoms with Crippen LogP contribution in [0, 0.1) is 0 Å². The summed E-state index contributed by atoms with van der Waals surface area (Å²) in [6.07, 6.45) is -2.30. The monoisotopic (exact) mass is 470 g/mol. The molecule has 13 heteroatoms. The molecule has 2 aromatic rings. The number of amides is 2. The Morgan fingerprint density at radius 2 is 2.09 bits per heavy atom. The van der Waals surface area contributed by atoms with Gasteiger partial charge in [-0.1, -0.05) is 0 Å². The molecule has 1 aliphatic rings. The number of ether oxygens (including phenoxy) is 1. The van der Waals surface area contributed by atoms with Crippen molar-refractivity contribution in [1.29, 1.82) is 0 Å². The Kier molecular flexibility index (Phi) is 7.51. The van der Waals surface area contributed by atoms with Gasteiger partial charge in [0, 0.05) is 37.0 Å². The fraction of sp³-hybridized carbons (Fsp3) is 0.550. The number of halogens is 3. The van der Waals surface area contributed by atoms with Gasteiger partial charge in [0.2, 0.25) is 5.91 Å². The molecule has 3 N–H and O–H groups in total. The zero-order valence-corrected chi connectivity index (χ0v) is 18.1. The molecule has 0 unspecified atom stereocenters. The molecule has 33 heavy (non-hydrogen) atoms.